The lowest BCUT2D eigenvalue weighted by atomic mass is 9.64. The van der Waals surface area contributed by atoms with Crippen molar-refractivity contribution in [1.29, 1.82) is 0 Å². The van der Waals surface area contributed by atoms with E-state index >= 15 is 0 Å². The number of para-hydroxylation sites is 4. The summed E-state index contributed by atoms with van der Waals surface area (Å²) in [4.78, 5) is 5.02. The number of nitrogens with zero attached hydrogens (tertiary/aromatic N) is 2. The maximum absolute atomic E-state index is 2.56. The minimum atomic E-state index is -0.586. The number of rotatable bonds is 6. The standard InChI is InChI=1S/C64H46N2/c1-63(2)52-30-12-9-28-49(52)50-40-39-47(42-57(50)63)66(58-35-16-11-27-48(58)45-24-19-23-44(41-45)43-21-5-3-6-22-43)61-38-20-34-56-62(61)51-29-10-13-31-53(51)64(56)54-32-14-17-36-59(54)65(46-25-7-4-8-26-46)60-37-18-15-33-55(60)64/h3-42H,1-2H3. The third-order valence-electron chi connectivity index (χ3n) is 14.7. The summed E-state index contributed by atoms with van der Waals surface area (Å²) in [5, 5.41) is 0. The maximum Gasteiger partial charge on any atom is 0.0755 e. The van der Waals surface area contributed by atoms with E-state index in [0.717, 1.165) is 22.7 Å². The van der Waals surface area contributed by atoms with Gasteiger partial charge in [0.05, 0.1) is 28.2 Å². The van der Waals surface area contributed by atoms with Crippen LogP contribution in [0.1, 0.15) is 47.2 Å². The lowest BCUT2D eigenvalue weighted by Gasteiger charge is -2.45. The first-order chi connectivity index (χ1) is 32.5. The van der Waals surface area contributed by atoms with Gasteiger partial charge in [-0.05, 0) is 121 Å². The van der Waals surface area contributed by atoms with E-state index in [4.69, 9.17) is 0 Å². The molecule has 3 aliphatic rings. The Morgan fingerprint density at radius 3 is 1.59 bits per heavy atom. The highest BCUT2D eigenvalue weighted by molar-refractivity contribution is 6.03. The third-order valence-corrected chi connectivity index (χ3v) is 14.7. The summed E-state index contributed by atoms with van der Waals surface area (Å²) in [6.07, 6.45) is 0. The molecular weight excluding hydrogens is 797 g/mol. The molecule has 0 saturated carbocycles. The Morgan fingerprint density at radius 2 is 0.848 bits per heavy atom. The molecule has 13 rings (SSSR count). The van der Waals surface area contributed by atoms with Crippen LogP contribution < -0.4 is 9.80 Å². The summed E-state index contributed by atoms with van der Waals surface area (Å²) in [5.41, 5.74) is 23.9. The molecule has 0 saturated heterocycles. The number of hydrogen-bond acceptors (Lipinski definition) is 2. The average Bonchev–Trinajstić information content (AvgIpc) is 3.80. The van der Waals surface area contributed by atoms with Gasteiger partial charge >= 0.3 is 0 Å². The van der Waals surface area contributed by atoms with Crippen LogP contribution in [0.2, 0.25) is 0 Å². The molecule has 66 heavy (non-hydrogen) atoms. The quantitative estimate of drug-likeness (QED) is 0.165. The van der Waals surface area contributed by atoms with E-state index in [0.29, 0.717) is 0 Å². The fourth-order valence-electron chi connectivity index (χ4n) is 11.8. The summed E-state index contributed by atoms with van der Waals surface area (Å²) in [7, 11) is 0. The summed E-state index contributed by atoms with van der Waals surface area (Å²) in [6, 6.07) is 90.1. The van der Waals surface area contributed by atoms with Gasteiger partial charge in [-0.3, -0.25) is 0 Å². The predicted molar refractivity (Wildman–Crippen MR) is 275 cm³/mol. The molecule has 1 spiro atoms. The van der Waals surface area contributed by atoms with Crippen LogP contribution in [0.4, 0.5) is 34.1 Å². The second kappa shape index (κ2) is 14.7. The first kappa shape index (κ1) is 38.3. The Labute approximate surface area is 387 Å². The molecule has 0 N–H and O–H groups in total. The van der Waals surface area contributed by atoms with E-state index in [2.05, 4.69) is 266 Å². The molecular formula is C64H46N2. The van der Waals surface area contributed by atoms with Gasteiger partial charge in [0, 0.05) is 27.9 Å². The molecule has 0 fully saturated rings. The van der Waals surface area contributed by atoms with Gasteiger partial charge in [0.25, 0.3) is 0 Å². The molecule has 1 aliphatic heterocycles. The van der Waals surface area contributed by atoms with E-state index in [-0.39, 0.29) is 5.41 Å². The second-order valence-corrected chi connectivity index (χ2v) is 18.4. The molecule has 2 heteroatoms. The van der Waals surface area contributed by atoms with Crippen molar-refractivity contribution in [2.24, 2.45) is 0 Å². The van der Waals surface area contributed by atoms with Gasteiger partial charge in [-0.1, -0.05) is 202 Å². The van der Waals surface area contributed by atoms with Crippen molar-refractivity contribution in [1.82, 2.24) is 0 Å². The highest BCUT2D eigenvalue weighted by atomic mass is 15.2. The van der Waals surface area contributed by atoms with Crippen molar-refractivity contribution in [3.8, 4) is 44.5 Å². The Morgan fingerprint density at radius 1 is 0.333 bits per heavy atom. The molecule has 0 amide bonds. The molecule has 312 valence electrons. The zero-order chi connectivity index (χ0) is 44.0. The lowest BCUT2D eigenvalue weighted by molar-refractivity contribution is 0.660. The van der Waals surface area contributed by atoms with Crippen LogP contribution in [0.15, 0.2) is 243 Å². The number of anilines is 6. The van der Waals surface area contributed by atoms with E-state index in [9.17, 15) is 0 Å². The van der Waals surface area contributed by atoms with Crippen LogP contribution in [0.5, 0.6) is 0 Å². The van der Waals surface area contributed by atoms with Crippen molar-refractivity contribution in [2.45, 2.75) is 24.7 Å². The first-order valence-corrected chi connectivity index (χ1v) is 23.1. The first-order valence-electron chi connectivity index (χ1n) is 23.1. The van der Waals surface area contributed by atoms with Crippen LogP contribution in [0, 0.1) is 0 Å². The van der Waals surface area contributed by atoms with Gasteiger partial charge in [-0.2, -0.15) is 0 Å². The van der Waals surface area contributed by atoms with Crippen LogP contribution >= 0.6 is 0 Å². The van der Waals surface area contributed by atoms with E-state index < -0.39 is 5.41 Å². The maximum atomic E-state index is 2.56. The summed E-state index contributed by atoms with van der Waals surface area (Å²) in [5.74, 6) is 0. The molecule has 0 radical (unpaired) electrons. The van der Waals surface area contributed by atoms with Gasteiger partial charge in [-0.25, -0.2) is 0 Å². The highest BCUT2D eigenvalue weighted by Gasteiger charge is 2.52. The van der Waals surface area contributed by atoms with Crippen LogP contribution in [-0.4, -0.2) is 0 Å². The monoisotopic (exact) mass is 842 g/mol. The molecule has 1 heterocycles. The number of hydrogen-bond donors (Lipinski definition) is 0. The summed E-state index contributed by atoms with van der Waals surface area (Å²) in [6.45, 7) is 4.76. The van der Waals surface area contributed by atoms with E-state index in [1.165, 1.54) is 89.3 Å². The molecule has 10 aromatic carbocycles. The molecule has 2 aliphatic carbocycles. The van der Waals surface area contributed by atoms with E-state index in [1.807, 2.05) is 0 Å². The minimum Gasteiger partial charge on any atom is -0.310 e. The van der Waals surface area contributed by atoms with E-state index in [1.54, 1.807) is 0 Å². The zero-order valence-corrected chi connectivity index (χ0v) is 37.0. The Hall–Kier alpha value is -8.20. The minimum absolute atomic E-state index is 0.174. The van der Waals surface area contributed by atoms with Crippen molar-refractivity contribution in [3.63, 3.8) is 0 Å². The molecule has 0 unspecified atom stereocenters. The summed E-state index contributed by atoms with van der Waals surface area (Å²) < 4.78 is 0. The van der Waals surface area contributed by atoms with Crippen molar-refractivity contribution < 1.29 is 0 Å². The molecule has 0 bridgehead atoms. The Balaban J connectivity index is 1.10. The highest BCUT2D eigenvalue weighted by Crippen LogP contribution is 2.65. The SMILES string of the molecule is CC1(C)c2ccccc2-c2ccc(N(c3ccccc3-c3cccc(-c4ccccc4)c3)c3cccc4c3-c3ccccc3C43c4ccccc4N(c4ccccc4)c4ccccc43)cc21. The molecule has 0 atom stereocenters. The second-order valence-electron chi connectivity index (χ2n) is 18.4. The normalized spacial score (nSPS) is 14.1. The van der Waals surface area contributed by atoms with Gasteiger partial charge < -0.3 is 9.80 Å². The fraction of sp³-hybridized carbons (Fsp3) is 0.0625. The number of fused-ring (bicyclic) bond motifs is 12. The smallest absolute Gasteiger partial charge is 0.0755 e. The summed E-state index contributed by atoms with van der Waals surface area (Å²) >= 11 is 0. The lowest BCUT2D eigenvalue weighted by Crippen LogP contribution is -2.36. The average molecular weight is 843 g/mol. The zero-order valence-electron chi connectivity index (χ0n) is 37.0. The largest absolute Gasteiger partial charge is 0.310 e. The molecule has 0 aromatic heterocycles. The van der Waals surface area contributed by atoms with Gasteiger partial charge in [0.15, 0.2) is 0 Å². The van der Waals surface area contributed by atoms with Crippen molar-refractivity contribution in [2.75, 3.05) is 9.80 Å². The Kier molecular flexibility index (Phi) is 8.51. The molecule has 2 nitrogen and oxygen atoms in total. The topological polar surface area (TPSA) is 6.48 Å². The third kappa shape index (κ3) is 5.42. The Bertz CT molecular complexity index is 3480. The number of benzene rings is 10. The predicted octanol–water partition coefficient (Wildman–Crippen LogP) is 16.9. The fourth-order valence-corrected chi connectivity index (χ4v) is 11.8. The molecule has 10 aromatic rings. The van der Waals surface area contributed by atoms with Gasteiger partial charge in [0.2, 0.25) is 0 Å². The van der Waals surface area contributed by atoms with Crippen molar-refractivity contribution >= 4 is 34.1 Å². The van der Waals surface area contributed by atoms with Gasteiger partial charge in [0.1, 0.15) is 0 Å². The van der Waals surface area contributed by atoms with Crippen LogP contribution in [-0.2, 0) is 10.8 Å². The van der Waals surface area contributed by atoms with Crippen molar-refractivity contribution in [3.05, 3.63) is 276 Å². The van der Waals surface area contributed by atoms with Crippen LogP contribution in [0.3, 0.4) is 0 Å². The van der Waals surface area contributed by atoms with Gasteiger partial charge in [-0.15, -0.1) is 0 Å². The van der Waals surface area contributed by atoms with Crippen LogP contribution in [0.25, 0.3) is 44.5 Å².